The van der Waals surface area contributed by atoms with E-state index in [0.29, 0.717) is 12.5 Å². The minimum absolute atomic E-state index is 0.130. The molecular weight excluding hydrogens is 296 g/mol. The molecule has 2 atom stereocenters. The molecule has 0 aliphatic carbocycles. The molecule has 1 aromatic carbocycles. The van der Waals surface area contributed by atoms with Gasteiger partial charge < -0.3 is 4.74 Å². The largest absolute Gasteiger partial charge is 0.493 e. The normalized spacial score (nSPS) is 14.8. The van der Waals surface area contributed by atoms with Crippen LogP contribution < -0.4 is 4.74 Å². The lowest BCUT2D eigenvalue weighted by Crippen LogP contribution is -2.09. The van der Waals surface area contributed by atoms with Crippen molar-refractivity contribution in [3.8, 4) is 5.75 Å². The van der Waals surface area contributed by atoms with Crippen molar-refractivity contribution in [2.24, 2.45) is 5.92 Å². The first-order valence-corrected chi connectivity index (χ1v) is 9.31. The summed E-state index contributed by atoms with van der Waals surface area (Å²) in [6.45, 7) is 8.99. The van der Waals surface area contributed by atoms with Crippen molar-refractivity contribution in [1.82, 2.24) is 0 Å². The van der Waals surface area contributed by atoms with Gasteiger partial charge in [0.1, 0.15) is 5.75 Å². The van der Waals surface area contributed by atoms with Crippen molar-refractivity contribution in [2.45, 2.75) is 51.3 Å². The first-order valence-electron chi connectivity index (χ1n) is 7.00. The van der Waals surface area contributed by atoms with E-state index in [4.69, 9.17) is 15.4 Å². The fourth-order valence-electron chi connectivity index (χ4n) is 1.76. The average molecular weight is 319 g/mol. The molecule has 0 amide bonds. The molecule has 0 aliphatic rings. The Kier molecular flexibility index (Phi) is 6.34. The maximum Gasteiger partial charge on any atom is 0.261 e. The van der Waals surface area contributed by atoms with Crippen LogP contribution in [-0.2, 0) is 9.05 Å². The van der Waals surface area contributed by atoms with Gasteiger partial charge in [0.2, 0.25) is 0 Å². The van der Waals surface area contributed by atoms with Crippen LogP contribution in [0.2, 0.25) is 0 Å². The highest BCUT2D eigenvalue weighted by Crippen LogP contribution is 2.32. The van der Waals surface area contributed by atoms with Gasteiger partial charge in [-0.15, -0.1) is 0 Å². The van der Waals surface area contributed by atoms with Crippen molar-refractivity contribution in [3.05, 3.63) is 23.8 Å². The van der Waals surface area contributed by atoms with E-state index in [2.05, 4.69) is 27.7 Å². The molecular formula is C15H23ClO3S. The van der Waals surface area contributed by atoms with Crippen LogP contribution in [0.1, 0.15) is 52.0 Å². The predicted molar refractivity (Wildman–Crippen MR) is 83.1 cm³/mol. The van der Waals surface area contributed by atoms with Crippen molar-refractivity contribution >= 4 is 19.7 Å². The van der Waals surface area contributed by atoms with Crippen molar-refractivity contribution < 1.29 is 13.2 Å². The second kappa shape index (κ2) is 7.32. The second-order valence-corrected chi connectivity index (χ2v) is 7.84. The molecule has 0 radical (unpaired) electrons. The highest BCUT2D eigenvalue weighted by atomic mass is 35.7. The molecule has 0 heterocycles. The molecule has 114 valence electrons. The lowest BCUT2D eigenvalue weighted by Gasteiger charge is -2.18. The molecule has 0 fully saturated rings. The third kappa shape index (κ3) is 4.67. The van der Waals surface area contributed by atoms with E-state index in [-0.39, 0.29) is 10.8 Å². The van der Waals surface area contributed by atoms with E-state index >= 15 is 0 Å². The zero-order chi connectivity index (χ0) is 15.3. The number of hydrogen-bond acceptors (Lipinski definition) is 3. The highest BCUT2D eigenvalue weighted by Gasteiger charge is 2.17. The van der Waals surface area contributed by atoms with Crippen molar-refractivity contribution in [3.63, 3.8) is 0 Å². The lowest BCUT2D eigenvalue weighted by molar-refractivity contribution is 0.253. The summed E-state index contributed by atoms with van der Waals surface area (Å²) >= 11 is 0. The Balaban J connectivity index is 3.11. The van der Waals surface area contributed by atoms with Gasteiger partial charge >= 0.3 is 0 Å². The number of rotatable bonds is 7. The monoisotopic (exact) mass is 318 g/mol. The van der Waals surface area contributed by atoms with Crippen LogP contribution in [0.5, 0.6) is 5.75 Å². The van der Waals surface area contributed by atoms with Gasteiger partial charge in [-0.1, -0.05) is 34.1 Å². The van der Waals surface area contributed by atoms with Gasteiger partial charge in [0.05, 0.1) is 11.5 Å². The first-order chi connectivity index (χ1) is 9.29. The molecule has 5 heteroatoms. The number of hydrogen-bond donors (Lipinski definition) is 0. The summed E-state index contributed by atoms with van der Waals surface area (Å²) in [6.07, 6.45) is 1.96. The summed E-state index contributed by atoms with van der Waals surface area (Å²) in [4.78, 5) is 0.130. The molecule has 2 unspecified atom stereocenters. The molecule has 20 heavy (non-hydrogen) atoms. The topological polar surface area (TPSA) is 43.4 Å². The Morgan fingerprint density at radius 1 is 1.20 bits per heavy atom. The fourth-order valence-corrected chi connectivity index (χ4v) is 2.55. The van der Waals surface area contributed by atoms with E-state index in [9.17, 15) is 8.42 Å². The van der Waals surface area contributed by atoms with Crippen LogP contribution in [0.15, 0.2) is 23.1 Å². The smallest absolute Gasteiger partial charge is 0.261 e. The summed E-state index contributed by atoms with van der Waals surface area (Å²) in [6, 6.07) is 4.84. The third-order valence-electron chi connectivity index (χ3n) is 3.63. The number of benzene rings is 1. The van der Waals surface area contributed by atoms with E-state index in [1.54, 1.807) is 12.1 Å². The predicted octanol–water partition coefficient (Wildman–Crippen LogP) is 4.55. The van der Waals surface area contributed by atoms with E-state index < -0.39 is 9.05 Å². The molecule has 0 bridgehead atoms. The second-order valence-electron chi connectivity index (χ2n) is 5.27. The molecule has 0 spiro atoms. The average Bonchev–Trinajstić information content (AvgIpc) is 2.42. The van der Waals surface area contributed by atoms with Gasteiger partial charge in [0, 0.05) is 10.7 Å². The van der Waals surface area contributed by atoms with Crippen LogP contribution >= 0.6 is 10.7 Å². The Hall–Kier alpha value is -0.740. The molecule has 3 nitrogen and oxygen atoms in total. The van der Waals surface area contributed by atoms with E-state index in [0.717, 1.165) is 24.2 Å². The zero-order valence-corrected chi connectivity index (χ0v) is 14.1. The van der Waals surface area contributed by atoms with E-state index in [1.165, 1.54) is 6.07 Å². The minimum atomic E-state index is -3.70. The van der Waals surface area contributed by atoms with Crippen LogP contribution in [0.4, 0.5) is 0 Å². The maximum absolute atomic E-state index is 11.4. The first kappa shape index (κ1) is 17.3. The summed E-state index contributed by atoms with van der Waals surface area (Å²) in [5.41, 5.74) is 0.900. The standard InChI is InChI=1S/C15H23ClO3S/c1-5-11(3)10-19-15-8-7-13(20(16,17)18)9-14(15)12(4)6-2/h7-9,11-12H,5-6,10H2,1-4H3. The van der Waals surface area contributed by atoms with Crippen LogP contribution in [0, 0.1) is 5.92 Å². The quantitative estimate of drug-likeness (QED) is 0.692. The Bertz CT molecular complexity index is 540. The molecule has 1 rings (SSSR count). The summed E-state index contributed by atoms with van der Waals surface area (Å²) in [7, 11) is 1.71. The molecule has 0 saturated carbocycles. The van der Waals surface area contributed by atoms with Gasteiger partial charge in [-0.3, -0.25) is 0 Å². The third-order valence-corrected chi connectivity index (χ3v) is 4.98. The zero-order valence-electron chi connectivity index (χ0n) is 12.5. The van der Waals surface area contributed by atoms with Gasteiger partial charge in [-0.05, 0) is 42.0 Å². The van der Waals surface area contributed by atoms with Crippen molar-refractivity contribution in [2.75, 3.05) is 6.61 Å². The van der Waals surface area contributed by atoms with Crippen LogP contribution in [0.25, 0.3) is 0 Å². The van der Waals surface area contributed by atoms with Crippen LogP contribution in [0.3, 0.4) is 0 Å². The van der Waals surface area contributed by atoms with Crippen LogP contribution in [-0.4, -0.2) is 15.0 Å². The fraction of sp³-hybridized carbons (Fsp3) is 0.600. The Morgan fingerprint density at radius 3 is 2.35 bits per heavy atom. The maximum atomic E-state index is 11.4. The lowest BCUT2D eigenvalue weighted by atomic mass is 9.97. The van der Waals surface area contributed by atoms with E-state index in [1.807, 2.05) is 0 Å². The Morgan fingerprint density at radius 2 is 1.85 bits per heavy atom. The molecule has 0 aromatic heterocycles. The van der Waals surface area contributed by atoms with Gasteiger partial charge in [-0.2, -0.15) is 0 Å². The highest BCUT2D eigenvalue weighted by molar-refractivity contribution is 8.13. The van der Waals surface area contributed by atoms with Crippen molar-refractivity contribution in [1.29, 1.82) is 0 Å². The van der Waals surface area contributed by atoms with Gasteiger partial charge in [-0.25, -0.2) is 8.42 Å². The summed E-state index contributed by atoms with van der Waals surface area (Å²) < 4.78 is 28.7. The SMILES string of the molecule is CCC(C)COc1ccc(S(=O)(=O)Cl)cc1C(C)CC. The summed E-state index contributed by atoms with van der Waals surface area (Å²) in [5, 5.41) is 0. The minimum Gasteiger partial charge on any atom is -0.493 e. The molecule has 0 aliphatic heterocycles. The molecule has 0 N–H and O–H groups in total. The summed E-state index contributed by atoms with van der Waals surface area (Å²) in [5.74, 6) is 1.44. The molecule has 1 aromatic rings. The van der Waals surface area contributed by atoms with Gasteiger partial charge in [0.25, 0.3) is 9.05 Å². The molecule has 0 saturated heterocycles. The van der Waals surface area contributed by atoms with Gasteiger partial charge in [0.15, 0.2) is 0 Å². The number of ether oxygens (including phenoxy) is 1. The number of halogens is 1. The Labute approximate surface area is 126 Å².